The molecule has 5 rings (SSSR count). The summed E-state index contributed by atoms with van der Waals surface area (Å²) in [5.74, 6) is -0.0774. The molecule has 194 valence electrons. The molecule has 2 aliphatic rings. The van der Waals surface area contributed by atoms with Crippen molar-refractivity contribution in [2.45, 2.75) is 64.1 Å². The number of hydrogen-bond acceptors (Lipinski definition) is 3. The molecule has 2 heterocycles. The summed E-state index contributed by atoms with van der Waals surface area (Å²) in [5.41, 5.74) is 4.30. The number of para-hydroxylation sites is 1. The second-order valence-corrected chi connectivity index (χ2v) is 10.4. The van der Waals surface area contributed by atoms with Crippen LogP contribution in [-0.2, 0) is 6.42 Å². The fourth-order valence-corrected chi connectivity index (χ4v) is 6.35. The number of anilines is 2. The molecule has 2 aliphatic heterocycles. The van der Waals surface area contributed by atoms with Crippen LogP contribution < -0.4 is 4.90 Å². The number of benzene rings is 3. The van der Waals surface area contributed by atoms with Crippen molar-refractivity contribution in [2.75, 3.05) is 24.5 Å². The molecule has 0 aromatic heterocycles. The molecular weight excluding hydrogens is 461 g/mol. The van der Waals surface area contributed by atoms with Gasteiger partial charge in [0, 0.05) is 54.7 Å². The van der Waals surface area contributed by atoms with Crippen LogP contribution in [0.2, 0.25) is 0 Å². The molecule has 0 radical (unpaired) electrons. The van der Waals surface area contributed by atoms with Crippen LogP contribution in [0.4, 0.5) is 15.8 Å². The molecule has 1 amide bonds. The topological polar surface area (TPSA) is 26.8 Å². The SMILES string of the molecule is CCN(CC)C(=O)c1ccc(N(c2ccccc2)C2C[C@H]3CC[C@@H](C2)N3CCc2ccc(F)cc2)cc1. The lowest BCUT2D eigenvalue weighted by Gasteiger charge is -2.44. The van der Waals surface area contributed by atoms with Crippen LogP contribution in [0.5, 0.6) is 0 Å². The number of rotatable bonds is 9. The maximum atomic E-state index is 13.3. The van der Waals surface area contributed by atoms with Crippen LogP contribution in [0.1, 0.15) is 55.5 Å². The third-order valence-corrected chi connectivity index (χ3v) is 8.27. The van der Waals surface area contributed by atoms with Gasteiger partial charge in [-0.25, -0.2) is 4.39 Å². The lowest BCUT2D eigenvalue weighted by Crippen LogP contribution is -2.50. The van der Waals surface area contributed by atoms with Gasteiger partial charge in [-0.15, -0.1) is 0 Å². The Kier molecular flexibility index (Phi) is 7.90. The highest BCUT2D eigenvalue weighted by molar-refractivity contribution is 5.94. The Bertz CT molecular complexity index is 1150. The van der Waals surface area contributed by atoms with Crippen molar-refractivity contribution < 1.29 is 9.18 Å². The summed E-state index contributed by atoms with van der Waals surface area (Å²) in [4.78, 5) is 19.9. The van der Waals surface area contributed by atoms with Crippen molar-refractivity contribution >= 4 is 17.3 Å². The molecule has 37 heavy (non-hydrogen) atoms. The molecule has 2 bridgehead atoms. The zero-order chi connectivity index (χ0) is 25.8. The summed E-state index contributed by atoms with van der Waals surface area (Å²) in [5, 5.41) is 0. The van der Waals surface area contributed by atoms with E-state index in [0.717, 1.165) is 50.1 Å². The van der Waals surface area contributed by atoms with Crippen molar-refractivity contribution in [1.29, 1.82) is 0 Å². The van der Waals surface area contributed by atoms with E-state index in [9.17, 15) is 9.18 Å². The maximum absolute atomic E-state index is 13.3. The predicted molar refractivity (Wildman–Crippen MR) is 149 cm³/mol. The van der Waals surface area contributed by atoms with Gasteiger partial charge in [-0.1, -0.05) is 30.3 Å². The van der Waals surface area contributed by atoms with Crippen LogP contribution in [-0.4, -0.2) is 53.5 Å². The Labute approximate surface area is 220 Å². The number of halogens is 1. The first-order valence-corrected chi connectivity index (χ1v) is 13.8. The normalized spacial score (nSPS) is 21.1. The van der Waals surface area contributed by atoms with E-state index >= 15 is 0 Å². The van der Waals surface area contributed by atoms with Crippen LogP contribution in [0.25, 0.3) is 0 Å². The summed E-state index contributed by atoms with van der Waals surface area (Å²) in [6, 6.07) is 27.4. The van der Waals surface area contributed by atoms with Crippen LogP contribution in [0.3, 0.4) is 0 Å². The summed E-state index contributed by atoms with van der Waals surface area (Å²) >= 11 is 0. The maximum Gasteiger partial charge on any atom is 0.253 e. The Morgan fingerprint density at radius 2 is 1.43 bits per heavy atom. The van der Waals surface area contributed by atoms with Gasteiger partial charge in [-0.2, -0.15) is 0 Å². The summed E-state index contributed by atoms with van der Waals surface area (Å²) < 4.78 is 13.3. The van der Waals surface area contributed by atoms with E-state index in [1.807, 2.05) is 43.0 Å². The first kappa shape index (κ1) is 25.5. The van der Waals surface area contributed by atoms with Crippen molar-refractivity contribution in [3.8, 4) is 0 Å². The van der Waals surface area contributed by atoms with Gasteiger partial charge in [0.2, 0.25) is 0 Å². The smallest absolute Gasteiger partial charge is 0.253 e. The van der Waals surface area contributed by atoms with Gasteiger partial charge in [0.1, 0.15) is 5.82 Å². The number of carbonyl (C=O) groups excluding carboxylic acids is 1. The Balaban J connectivity index is 1.34. The number of fused-ring (bicyclic) bond motifs is 2. The zero-order valence-electron chi connectivity index (χ0n) is 22.0. The number of piperidine rings is 1. The monoisotopic (exact) mass is 499 g/mol. The molecule has 0 saturated carbocycles. The van der Waals surface area contributed by atoms with Gasteiger partial charge >= 0.3 is 0 Å². The summed E-state index contributed by atoms with van der Waals surface area (Å²) in [6.07, 6.45) is 5.68. The predicted octanol–water partition coefficient (Wildman–Crippen LogP) is 6.68. The Morgan fingerprint density at radius 3 is 2.03 bits per heavy atom. The second-order valence-electron chi connectivity index (χ2n) is 10.4. The molecule has 5 heteroatoms. The van der Waals surface area contributed by atoms with E-state index in [-0.39, 0.29) is 11.7 Å². The molecule has 0 spiro atoms. The number of carbonyl (C=O) groups is 1. The van der Waals surface area contributed by atoms with Gasteiger partial charge in [0.25, 0.3) is 5.91 Å². The van der Waals surface area contributed by atoms with E-state index in [1.54, 1.807) is 12.1 Å². The lowest BCUT2D eigenvalue weighted by atomic mass is 9.94. The summed E-state index contributed by atoms with van der Waals surface area (Å²) in [6.45, 7) is 6.51. The molecule has 2 saturated heterocycles. The molecule has 2 fully saturated rings. The standard InChI is InChI=1S/C32H38FN3O/c1-3-34(4-2)32(37)25-12-16-28(17-13-25)36(27-8-6-5-7-9-27)31-22-29-18-19-30(23-31)35(29)21-20-24-10-14-26(33)15-11-24/h5-17,29-31H,3-4,18-23H2,1-2H3/t29-,30+,31?. The Morgan fingerprint density at radius 1 is 0.838 bits per heavy atom. The minimum absolute atomic E-state index is 0.0929. The van der Waals surface area contributed by atoms with E-state index in [4.69, 9.17) is 0 Å². The molecule has 1 unspecified atom stereocenters. The van der Waals surface area contributed by atoms with Gasteiger partial charge in [0.05, 0.1) is 0 Å². The molecular formula is C32H38FN3O. The van der Waals surface area contributed by atoms with Crippen molar-refractivity contribution in [3.05, 3.63) is 95.8 Å². The Hall–Kier alpha value is -3.18. The van der Waals surface area contributed by atoms with Crippen LogP contribution >= 0.6 is 0 Å². The van der Waals surface area contributed by atoms with Crippen molar-refractivity contribution in [3.63, 3.8) is 0 Å². The van der Waals surface area contributed by atoms with Gasteiger partial charge in [-0.3, -0.25) is 9.69 Å². The number of nitrogens with zero attached hydrogens (tertiary/aromatic N) is 3. The van der Waals surface area contributed by atoms with Crippen molar-refractivity contribution in [2.24, 2.45) is 0 Å². The molecule has 4 nitrogen and oxygen atoms in total. The third-order valence-electron chi connectivity index (χ3n) is 8.27. The van der Waals surface area contributed by atoms with E-state index < -0.39 is 0 Å². The number of hydrogen-bond donors (Lipinski definition) is 0. The molecule has 3 aromatic carbocycles. The van der Waals surface area contributed by atoms with Gasteiger partial charge in [-0.05, 0) is 100 Å². The highest BCUT2D eigenvalue weighted by Crippen LogP contribution is 2.41. The quantitative estimate of drug-likeness (QED) is 0.328. The third kappa shape index (κ3) is 5.57. The lowest BCUT2D eigenvalue weighted by molar-refractivity contribution is 0.0773. The molecule has 0 aliphatic carbocycles. The minimum atomic E-state index is -0.170. The highest BCUT2D eigenvalue weighted by Gasteiger charge is 2.42. The van der Waals surface area contributed by atoms with Crippen LogP contribution in [0, 0.1) is 5.82 Å². The molecule has 3 aromatic rings. The largest absolute Gasteiger partial charge is 0.339 e. The average Bonchev–Trinajstić information content (AvgIpc) is 3.17. The highest BCUT2D eigenvalue weighted by atomic mass is 19.1. The average molecular weight is 500 g/mol. The van der Waals surface area contributed by atoms with E-state index in [1.165, 1.54) is 24.1 Å². The number of amides is 1. The zero-order valence-corrected chi connectivity index (χ0v) is 22.0. The fourth-order valence-electron chi connectivity index (χ4n) is 6.35. The first-order valence-electron chi connectivity index (χ1n) is 13.8. The molecule has 3 atom stereocenters. The van der Waals surface area contributed by atoms with E-state index in [0.29, 0.717) is 18.1 Å². The fraction of sp³-hybridized carbons (Fsp3) is 0.406. The van der Waals surface area contributed by atoms with E-state index in [2.05, 4.69) is 52.3 Å². The van der Waals surface area contributed by atoms with Crippen LogP contribution in [0.15, 0.2) is 78.9 Å². The van der Waals surface area contributed by atoms with Crippen molar-refractivity contribution in [1.82, 2.24) is 9.80 Å². The molecule has 0 N–H and O–H groups in total. The second kappa shape index (κ2) is 11.5. The van der Waals surface area contributed by atoms with Gasteiger partial charge in [0.15, 0.2) is 0 Å². The summed E-state index contributed by atoms with van der Waals surface area (Å²) in [7, 11) is 0. The van der Waals surface area contributed by atoms with Gasteiger partial charge < -0.3 is 9.80 Å². The minimum Gasteiger partial charge on any atom is -0.339 e. The first-order chi connectivity index (χ1) is 18.1.